The van der Waals surface area contributed by atoms with Gasteiger partial charge < -0.3 is 10.9 Å². The molecule has 1 heterocycles. The van der Waals surface area contributed by atoms with Crippen molar-refractivity contribution in [3.8, 4) is 0 Å². The third kappa shape index (κ3) is 3.14. The zero-order valence-electron chi connectivity index (χ0n) is 10.5. The molecule has 1 unspecified atom stereocenters. The van der Waals surface area contributed by atoms with Crippen LogP contribution in [0.5, 0.6) is 0 Å². The molecular weight excluding hydrogens is 254 g/mol. The van der Waals surface area contributed by atoms with Crippen molar-refractivity contribution in [3.05, 3.63) is 0 Å². The van der Waals surface area contributed by atoms with Gasteiger partial charge in [-0.25, -0.2) is 8.42 Å². The number of rotatable bonds is 4. The van der Waals surface area contributed by atoms with E-state index < -0.39 is 9.84 Å². The molecule has 3 N–H and O–H groups in total. The lowest BCUT2D eigenvalue weighted by Crippen LogP contribution is -2.47. The Morgan fingerprint density at radius 3 is 2.44 bits per heavy atom. The van der Waals surface area contributed by atoms with Crippen molar-refractivity contribution in [1.82, 2.24) is 4.90 Å². The first kappa shape index (κ1) is 13.6. The highest BCUT2D eigenvalue weighted by molar-refractivity contribution is 7.91. The summed E-state index contributed by atoms with van der Waals surface area (Å²) in [5.74, 6) is 0.630. The molecule has 0 amide bonds. The first-order chi connectivity index (χ1) is 8.52. The Balaban J connectivity index is 2.09. The van der Waals surface area contributed by atoms with Crippen LogP contribution in [0.3, 0.4) is 0 Å². The van der Waals surface area contributed by atoms with Gasteiger partial charge >= 0.3 is 0 Å². The fourth-order valence-corrected chi connectivity index (χ4v) is 4.79. The topological polar surface area (TPSA) is 96.0 Å². The van der Waals surface area contributed by atoms with E-state index in [1.807, 2.05) is 0 Å². The summed E-state index contributed by atoms with van der Waals surface area (Å²) in [6.45, 7) is 0.362. The van der Waals surface area contributed by atoms with Crippen LogP contribution in [0.15, 0.2) is 5.16 Å². The third-order valence-corrected chi connectivity index (χ3v) is 5.69. The Kier molecular flexibility index (Phi) is 4.11. The minimum atomic E-state index is -2.90. The van der Waals surface area contributed by atoms with Crippen molar-refractivity contribution < 1.29 is 13.6 Å². The van der Waals surface area contributed by atoms with E-state index >= 15 is 0 Å². The molecule has 7 heteroatoms. The van der Waals surface area contributed by atoms with E-state index in [1.165, 1.54) is 12.8 Å². The number of amidine groups is 1. The molecule has 0 radical (unpaired) electrons. The van der Waals surface area contributed by atoms with Crippen LogP contribution >= 0.6 is 0 Å². The highest BCUT2D eigenvalue weighted by Crippen LogP contribution is 2.28. The summed E-state index contributed by atoms with van der Waals surface area (Å²) in [7, 11) is -2.90. The van der Waals surface area contributed by atoms with Crippen LogP contribution in [0, 0.1) is 0 Å². The molecule has 104 valence electrons. The van der Waals surface area contributed by atoms with Gasteiger partial charge in [-0.2, -0.15) is 0 Å². The van der Waals surface area contributed by atoms with Crippen LogP contribution in [0.1, 0.15) is 32.1 Å². The van der Waals surface area contributed by atoms with Gasteiger partial charge in [0, 0.05) is 12.1 Å². The minimum Gasteiger partial charge on any atom is -0.409 e. The number of sulfone groups is 1. The zero-order chi connectivity index (χ0) is 13.2. The third-order valence-electron chi connectivity index (χ3n) is 3.94. The summed E-state index contributed by atoms with van der Waals surface area (Å²) >= 11 is 0. The van der Waals surface area contributed by atoms with E-state index in [0.717, 1.165) is 12.8 Å². The lowest BCUT2D eigenvalue weighted by molar-refractivity contribution is 0.170. The van der Waals surface area contributed by atoms with E-state index in [0.29, 0.717) is 19.0 Å². The molecule has 2 aliphatic rings. The van der Waals surface area contributed by atoms with Gasteiger partial charge in [-0.1, -0.05) is 18.0 Å². The minimum absolute atomic E-state index is 0.0263. The Hall–Kier alpha value is -0.820. The molecule has 0 aromatic carbocycles. The predicted octanol–water partition coefficient (Wildman–Crippen LogP) is 0.165. The maximum Gasteiger partial charge on any atom is 0.153 e. The molecule has 1 aliphatic heterocycles. The molecule has 1 saturated carbocycles. The number of hydrogen-bond donors (Lipinski definition) is 2. The van der Waals surface area contributed by atoms with Gasteiger partial charge in [-0.05, 0) is 19.3 Å². The first-order valence-electron chi connectivity index (χ1n) is 6.44. The predicted molar refractivity (Wildman–Crippen MR) is 69.4 cm³/mol. The molecule has 18 heavy (non-hydrogen) atoms. The van der Waals surface area contributed by atoms with E-state index in [2.05, 4.69) is 10.1 Å². The molecule has 2 fully saturated rings. The molecule has 6 nitrogen and oxygen atoms in total. The Bertz CT molecular complexity index is 415. The van der Waals surface area contributed by atoms with Gasteiger partial charge in [-0.15, -0.1) is 0 Å². The summed E-state index contributed by atoms with van der Waals surface area (Å²) in [6.07, 6.45) is 5.18. The Morgan fingerprint density at radius 1 is 1.28 bits per heavy atom. The molecule has 1 aliphatic carbocycles. The van der Waals surface area contributed by atoms with Crippen LogP contribution in [0.4, 0.5) is 0 Å². The van der Waals surface area contributed by atoms with Gasteiger partial charge in [0.1, 0.15) is 0 Å². The standard InChI is InChI=1S/C11H21N3O3S/c12-11(13-15)7-14(9-3-1-2-4-9)10-5-6-18(16,17)8-10/h9-10,15H,1-8H2,(H2,12,13). The maximum atomic E-state index is 11.6. The molecule has 2 rings (SSSR count). The quantitative estimate of drug-likeness (QED) is 0.330. The van der Waals surface area contributed by atoms with E-state index in [-0.39, 0.29) is 23.4 Å². The molecule has 0 bridgehead atoms. The molecule has 1 atom stereocenters. The zero-order valence-corrected chi connectivity index (χ0v) is 11.3. The summed E-state index contributed by atoms with van der Waals surface area (Å²) in [6, 6.07) is 0.405. The highest BCUT2D eigenvalue weighted by Gasteiger charge is 2.36. The van der Waals surface area contributed by atoms with Crippen LogP contribution < -0.4 is 5.73 Å². The SMILES string of the molecule is NC(CN(C1CCCC1)C1CCS(=O)(=O)C1)=NO. The van der Waals surface area contributed by atoms with Crippen molar-refractivity contribution in [1.29, 1.82) is 0 Å². The molecule has 0 aromatic heterocycles. The second kappa shape index (κ2) is 5.44. The average Bonchev–Trinajstić information content (AvgIpc) is 2.95. The molecular formula is C11H21N3O3S. The average molecular weight is 275 g/mol. The number of oxime groups is 1. The number of hydrogen-bond acceptors (Lipinski definition) is 5. The van der Waals surface area contributed by atoms with Gasteiger partial charge in [0.15, 0.2) is 15.7 Å². The van der Waals surface area contributed by atoms with E-state index in [4.69, 9.17) is 10.9 Å². The Morgan fingerprint density at radius 2 is 1.94 bits per heavy atom. The van der Waals surface area contributed by atoms with Gasteiger partial charge in [0.05, 0.1) is 18.1 Å². The van der Waals surface area contributed by atoms with Gasteiger partial charge in [-0.3, -0.25) is 4.90 Å². The summed E-state index contributed by atoms with van der Waals surface area (Å²) in [4.78, 5) is 2.13. The summed E-state index contributed by atoms with van der Waals surface area (Å²) in [5.41, 5.74) is 5.59. The lowest BCUT2D eigenvalue weighted by atomic mass is 10.1. The van der Waals surface area contributed by atoms with E-state index in [1.54, 1.807) is 0 Å². The van der Waals surface area contributed by atoms with Crippen molar-refractivity contribution in [2.75, 3.05) is 18.1 Å². The maximum absolute atomic E-state index is 11.6. The highest BCUT2D eigenvalue weighted by atomic mass is 32.2. The largest absolute Gasteiger partial charge is 0.409 e. The van der Waals surface area contributed by atoms with Crippen LogP contribution in [0.2, 0.25) is 0 Å². The lowest BCUT2D eigenvalue weighted by Gasteiger charge is -2.33. The second-order valence-corrected chi connectivity index (χ2v) is 7.49. The number of nitrogens with zero attached hydrogens (tertiary/aromatic N) is 2. The molecule has 0 aromatic rings. The smallest absolute Gasteiger partial charge is 0.153 e. The molecule has 1 saturated heterocycles. The first-order valence-corrected chi connectivity index (χ1v) is 8.26. The number of nitrogens with two attached hydrogens (primary N) is 1. The van der Waals surface area contributed by atoms with Crippen molar-refractivity contribution in [2.24, 2.45) is 10.9 Å². The van der Waals surface area contributed by atoms with Crippen molar-refractivity contribution >= 4 is 15.7 Å². The van der Waals surface area contributed by atoms with Crippen LogP contribution in [-0.4, -0.2) is 54.5 Å². The van der Waals surface area contributed by atoms with E-state index in [9.17, 15) is 8.42 Å². The van der Waals surface area contributed by atoms with Crippen molar-refractivity contribution in [3.63, 3.8) is 0 Å². The summed E-state index contributed by atoms with van der Waals surface area (Å²) in [5, 5.41) is 11.7. The second-order valence-electron chi connectivity index (χ2n) is 5.26. The van der Waals surface area contributed by atoms with Crippen molar-refractivity contribution in [2.45, 2.75) is 44.2 Å². The van der Waals surface area contributed by atoms with Gasteiger partial charge in [0.2, 0.25) is 0 Å². The Labute approximate surface area is 108 Å². The monoisotopic (exact) mass is 275 g/mol. The van der Waals surface area contributed by atoms with Crippen LogP contribution in [0.25, 0.3) is 0 Å². The van der Waals surface area contributed by atoms with Crippen LogP contribution in [-0.2, 0) is 9.84 Å². The fraction of sp³-hybridized carbons (Fsp3) is 0.909. The fourth-order valence-electron chi connectivity index (χ4n) is 3.05. The summed E-state index contributed by atoms with van der Waals surface area (Å²) < 4.78 is 23.2. The molecule has 0 spiro atoms. The normalized spacial score (nSPS) is 29.2. The van der Waals surface area contributed by atoms with Gasteiger partial charge in [0.25, 0.3) is 0 Å².